The van der Waals surface area contributed by atoms with Crippen molar-refractivity contribution in [1.29, 1.82) is 0 Å². The van der Waals surface area contributed by atoms with E-state index in [-0.39, 0.29) is 17.5 Å². The molecule has 0 spiro atoms. The number of aromatic nitrogens is 2. The molecule has 0 N–H and O–H groups in total. The molecule has 1 atom stereocenters. The van der Waals surface area contributed by atoms with Crippen molar-refractivity contribution in [3.63, 3.8) is 0 Å². The van der Waals surface area contributed by atoms with E-state index in [9.17, 15) is 4.79 Å². The predicted molar refractivity (Wildman–Crippen MR) is 128 cm³/mol. The maximum absolute atomic E-state index is 13.4. The lowest BCUT2D eigenvalue weighted by atomic mass is 10.00. The fourth-order valence-electron chi connectivity index (χ4n) is 4.22. The fourth-order valence-corrected chi connectivity index (χ4v) is 5.12. The zero-order valence-electron chi connectivity index (χ0n) is 18.9. The molecule has 5 nitrogen and oxygen atoms in total. The van der Waals surface area contributed by atoms with Crippen LogP contribution >= 0.6 is 11.3 Å². The van der Waals surface area contributed by atoms with Gasteiger partial charge in [0.2, 0.25) is 0 Å². The van der Waals surface area contributed by atoms with Crippen LogP contribution in [0.25, 0.3) is 0 Å². The summed E-state index contributed by atoms with van der Waals surface area (Å²) in [6.07, 6.45) is 0. The summed E-state index contributed by atoms with van der Waals surface area (Å²) in [6, 6.07) is 14.4. The first-order valence-corrected chi connectivity index (χ1v) is 11.7. The van der Waals surface area contributed by atoms with Gasteiger partial charge in [-0.1, -0.05) is 44.2 Å². The van der Waals surface area contributed by atoms with Gasteiger partial charge in [-0.25, -0.2) is 4.98 Å². The minimum atomic E-state index is -0.0284. The standard InChI is InChI=1S/C25H30N4OS/c1-16(2)22(28-14-13-26-23(28)21-12-11-17(3)31-21)24-27-19(5)18(4)25(30)29(24)15-20-9-7-6-8-10-20/h6-12,16,22H,13-15H2,1-5H3. The number of benzene rings is 1. The highest BCUT2D eigenvalue weighted by Crippen LogP contribution is 2.32. The van der Waals surface area contributed by atoms with E-state index in [0.29, 0.717) is 12.1 Å². The van der Waals surface area contributed by atoms with E-state index in [0.717, 1.165) is 36.0 Å². The highest BCUT2D eigenvalue weighted by molar-refractivity contribution is 7.14. The van der Waals surface area contributed by atoms with Gasteiger partial charge >= 0.3 is 0 Å². The van der Waals surface area contributed by atoms with Gasteiger partial charge in [0.05, 0.1) is 24.0 Å². The summed E-state index contributed by atoms with van der Waals surface area (Å²) in [5, 5.41) is 0. The lowest BCUT2D eigenvalue weighted by molar-refractivity contribution is 0.249. The van der Waals surface area contributed by atoms with Crippen molar-refractivity contribution in [2.45, 2.75) is 47.2 Å². The number of hydrogen-bond acceptors (Lipinski definition) is 5. The van der Waals surface area contributed by atoms with E-state index in [1.807, 2.05) is 36.6 Å². The number of aliphatic imine (C=N–C) groups is 1. The van der Waals surface area contributed by atoms with E-state index in [1.54, 1.807) is 11.3 Å². The van der Waals surface area contributed by atoms with Gasteiger partial charge in [-0.2, -0.15) is 0 Å². The first kappa shape index (κ1) is 21.5. The minimum Gasteiger partial charge on any atom is -0.343 e. The highest BCUT2D eigenvalue weighted by atomic mass is 32.1. The van der Waals surface area contributed by atoms with Gasteiger partial charge in [-0.3, -0.25) is 14.4 Å². The molecule has 2 aromatic heterocycles. The van der Waals surface area contributed by atoms with Crippen LogP contribution in [-0.4, -0.2) is 33.4 Å². The second-order valence-electron chi connectivity index (χ2n) is 8.56. The van der Waals surface area contributed by atoms with E-state index in [4.69, 9.17) is 9.98 Å². The number of nitrogens with zero attached hydrogens (tertiary/aromatic N) is 4. The summed E-state index contributed by atoms with van der Waals surface area (Å²) < 4.78 is 1.87. The van der Waals surface area contributed by atoms with Gasteiger partial charge in [0.1, 0.15) is 11.7 Å². The van der Waals surface area contributed by atoms with E-state index in [1.165, 1.54) is 9.75 Å². The Balaban J connectivity index is 1.83. The maximum atomic E-state index is 13.4. The van der Waals surface area contributed by atoms with Crippen molar-refractivity contribution in [3.8, 4) is 0 Å². The summed E-state index contributed by atoms with van der Waals surface area (Å²) in [4.78, 5) is 28.0. The average Bonchev–Trinajstić information content (AvgIpc) is 3.39. The van der Waals surface area contributed by atoms with Crippen molar-refractivity contribution < 1.29 is 0 Å². The number of hydrogen-bond donors (Lipinski definition) is 0. The molecule has 31 heavy (non-hydrogen) atoms. The van der Waals surface area contributed by atoms with Crippen LogP contribution in [0.3, 0.4) is 0 Å². The minimum absolute atomic E-state index is 0.0284. The monoisotopic (exact) mass is 434 g/mol. The molecule has 0 saturated carbocycles. The molecule has 162 valence electrons. The largest absolute Gasteiger partial charge is 0.343 e. The molecule has 1 aliphatic rings. The third-order valence-electron chi connectivity index (χ3n) is 5.92. The second-order valence-corrected chi connectivity index (χ2v) is 9.84. The molecule has 1 aromatic carbocycles. The van der Waals surface area contributed by atoms with Crippen molar-refractivity contribution in [2.24, 2.45) is 10.9 Å². The summed E-state index contributed by atoms with van der Waals surface area (Å²) in [6.45, 7) is 12.5. The van der Waals surface area contributed by atoms with E-state index in [2.05, 4.69) is 49.9 Å². The van der Waals surface area contributed by atoms with Crippen molar-refractivity contribution in [3.05, 3.63) is 85.2 Å². The Hall–Kier alpha value is -2.73. The Bertz CT molecular complexity index is 1160. The van der Waals surface area contributed by atoms with Crippen LogP contribution < -0.4 is 5.56 Å². The van der Waals surface area contributed by atoms with Gasteiger partial charge in [0.25, 0.3) is 5.56 Å². The predicted octanol–water partition coefficient (Wildman–Crippen LogP) is 4.74. The van der Waals surface area contributed by atoms with Crippen LogP contribution in [0.1, 0.15) is 52.3 Å². The van der Waals surface area contributed by atoms with Gasteiger partial charge in [0.15, 0.2) is 0 Å². The summed E-state index contributed by atoms with van der Waals surface area (Å²) in [5.74, 6) is 2.12. The normalized spacial score (nSPS) is 14.9. The Labute approximate surface area is 188 Å². The van der Waals surface area contributed by atoms with Crippen LogP contribution in [0.4, 0.5) is 0 Å². The zero-order valence-corrected chi connectivity index (χ0v) is 19.7. The third-order valence-corrected chi connectivity index (χ3v) is 6.91. The highest BCUT2D eigenvalue weighted by Gasteiger charge is 2.34. The molecule has 3 aromatic rings. The van der Waals surface area contributed by atoms with E-state index >= 15 is 0 Å². The molecule has 1 unspecified atom stereocenters. The number of aryl methyl sites for hydroxylation is 2. The molecule has 0 aliphatic carbocycles. The smallest absolute Gasteiger partial charge is 0.257 e. The molecule has 6 heteroatoms. The number of amidine groups is 1. The molecular formula is C25H30N4OS. The zero-order chi connectivity index (χ0) is 22.1. The molecule has 4 rings (SSSR count). The Kier molecular flexibility index (Phi) is 6.10. The van der Waals surface area contributed by atoms with Crippen molar-refractivity contribution in [1.82, 2.24) is 14.5 Å². The van der Waals surface area contributed by atoms with Crippen LogP contribution in [-0.2, 0) is 6.54 Å². The average molecular weight is 435 g/mol. The van der Waals surface area contributed by atoms with Gasteiger partial charge in [-0.15, -0.1) is 11.3 Å². The maximum Gasteiger partial charge on any atom is 0.257 e. The SMILES string of the molecule is Cc1ccc(C2=NCCN2C(c2nc(C)c(C)c(=O)n2Cc2ccccc2)C(C)C)s1. The summed E-state index contributed by atoms with van der Waals surface area (Å²) >= 11 is 1.77. The van der Waals surface area contributed by atoms with Gasteiger partial charge in [0, 0.05) is 22.7 Å². The van der Waals surface area contributed by atoms with Crippen LogP contribution in [0.2, 0.25) is 0 Å². The summed E-state index contributed by atoms with van der Waals surface area (Å²) in [7, 11) is 0. The Morgan fingerprint density at radius 2 is 1.81 bits per heavy atom. The Morgan fingerprint density at radius 3 is 2.45 bits per heavy atom. The van der Waals surface area contributed by atoms with Crippen molar-refractivity contribution in [2.75, 3.05) is 13.1 Å². The van der Waals surface area contributed by atoms with Gasteiger partial charge in [-0.05, 0) is 44.4 Å². The Morgan fingerprint density at radius 1 is 1.06 bits per heavy atom. The van der Waals surface area contributed by atoms with E-state index < -0.39 is 0 Å². The summed E-state index contributed by atoms with van der Waals surface area (Å²) in [5.41, 5.74) is 2.66. The molecular weight excluding hydrogens is 404 g/mol. The fraction of sp³-hybridized carbons (Fsp3) is 0.400. The lowest BCUT2D eigenvalue weighted by Crippen LogP contribution is -2.40. The van der Waals surface area contributed by atoms with Crippen LogP contribution in [0, 0.1) is 26.7 Å². The van der Waals surface area contributed by atoms with Crippen LogP contribution in [0.5, 0.6) is 0 Å². The molecule has 0 bridgehead atoms. The topological polar surface area (TPSA) is 50.5 Å². The molecule has 3 heterocycles. The van der Waals surface area contributed by atoms with Crippen LogP contribution in [0.15, 0.2) is 52.3 Å². The molecule has 0 radical (unpaired) electrons. The lowest BCUT2D eigenvalue weighted by Gasteiger charge is -2.34. The molecule has 1 aliphatic heterocycles. The molecule has 0 saturated heterocycles. The molecule has 0 fully saturated rings. The molecule has 0 amide bonds. The van der Waals surface area contributed by atoms with Gasteiger partial charge < -0.3 is 4.90 Å². The first-order valence-electron chi connectivity index (χ1n) is 10.9. The number of thiophene rings is 1. The quantitative estimate of drug-likeness (QED) is 0.563. The number of rotatable bonds is 6. The third kappa shape index (κ3) is 4.22. The second kappa shape index (κ2) is 8.79. The van der Waals surface area contributed by atoms with Crippen molar-refractivity contribution >= 4 is 17.2 Å². The first-order chi connectivity index (χ1) is 14.9.